The topological polar surface area (TPSA) is 84.6 Å². The number of likely N-dealkylation sites (N-methyl/N-ethyl adjacent to an activating group) is 1. The van der Waals surface area contributed by atoms with Gasteiger partial charge in [-0.15, -0.1) is 0 Å². The fraction of sp³-hybridized carbons (Fsp3) is 0.308. The molecule has 0 saturated heterocycles. The second-order valence-electron chi connectivity index (χ2n) is 3.89. The number of hydrogen-bond acceptors (Lipinski definition) is 5. The highest BCUT2D eigenvalue weighted by Crippen LogP contribution is 2.28. The van der Waals surface area contributed by atoms with Crippen molar-refractivity contribution >= 4 is 11.5 Å². The number of nitrogens with one attached hydrogen (secondary N) is 1. The van der Waals surface area contributed by atoms with E-state index in [9.17, 15) is 4.79 Å². The number of nitrogen functional groups attached to an aromatic ring is 1. The molecule has 0 saturated carbocycles. The van der Waals surface area contributed by atoms with E-state index >= 15 is 0 Å². The summed E-state index contributed by atoms with van der Waals surface area (Å²) in [5.74, 6) is 0.270. The summed E-state index contributed by atoms with van der Waals surface area (Å²) < 4.78 is 4.99. The third-order valence-corrected chi connectivity index (χ3v) is 2.64. The molecule has 1 aromatic carbocycles. The van der Waals surface area contributed by atoms with E-state index in [0.29, 0.717) is 34.7 Å². The van der Waals surface area contributed by atoms with E-state index in [0.717, 1.165) is 0 Å². The minimum Gasteiger partial charge on any atom is -0.467 e. The maximum absolute atomic E-state index is 12.1. The molecule has 0 radical (unpaired) electrons. The molecule has 98 valence electrons. The minimum absolute atomic E-state index is 0.194. The van der Waals surface area contributed by atoms with E-state index in [2.05, 4.69) is 11.9 Å². The molecular formula is C13H18N2O3. The number of aliphatic hydroxyl groups excluding tert-OH is 1. The fourth-order valence-corrected chi connectivity index (χ4v) is 1.62. The van der Waals surface area contributed by atoms with E-state index in [-0.39, 0.29) is 5.78 Å². The number of ether oxygens (including phenoxy) is 1. The number of benzene rings is 1. The van der Waals surface area contributed by atoms with Crippen LogP contribution in [0, 0.1) is 6.92 Å². The number of carbonyl (C=O) groups excluding carboxylic acids is 1. The Morgan fingerprint density at radius 3 is 2.78 bits per heavy atom. The lowest BCUT2D eigenvalue weighted by Crippen LogP contribution is -2.17. The summed E-state index contributed by atoms with van der Waals surface area (Å²) in [5, 5.41) is 11.6. The second-order valence-corrected chi connectivity index (χ2v) is 3.89. The smallest absolute Gasteiger partial charge is 0.191 e. The van der Waals surface area contributed by atoms with E-state index in [1.54, 1.807) is 26.1 Å². The van der Waals surface area contributed by atoms with Crippen LogP contribution in [-0.4, -0.2) is 31.3 Å². The SMILES string of the molecule is C=C(CNC)C(=O)c1ccc(OCO)c(C)c1N. The van der Waals surface area contributed by atoms with Gasteiger partial charge in [0.1, 0.15) is 5.75 Å². The second kappa shape index (κ2) is 6.18. The number of carbonyl (C=O) groups is 1. The normalized spacial score (nSPS) is 10.2. The fourth-order valence-electron chi connectivity index (χ4n) is 1.62. The lowest BCUT2D eigenvalue weighted by molar-refractivity contribution is 0.0979. The highest BCUT2D eigenvalue weighted by molar-refractivity contribution is 6.12. The number of aliphatic hydroxyl groups is 1. The van der Waals surface area contributed by atoms with Crippen molar-refractivity contribution in [2.24, 2.45) is 0 Å². The van der Waals surface area contributed by atoms with Gasteiger partial charge < -0.3 is 20.9 Å². The van der Waals surface area contributed by atoms with Crippen LogP contribution < -0.4 is 15.8 Å². The molecule has 0 fully saturated rings. The van der Waals surface area contributed by atoms with Crippen molar-refractivity contribution in [3.63, 3.8) is 0 Å². The summed E-state index contributed by atoms with van der Waals surface area (Å²) in [6.07, 6.45) is 0. The molecule has 0 aliphatic carbocycles. The molecule has 0 atom stereocenters. The molecule has 0 bridgehead atoms. The van der Waals surface area contributed by atoms with Crippen LogP contribution in [0.5, 0.6) is 5.75 Å². The Hall–Kier alpha value is -1.85. The molecule has 0 aliphatic rings. The van der Waals surface area contributed by atoms with Gasteiger partial charge in [0.05, 0.1) is 0 Å². The van der Waals surface area contributed by atoms with E-state index in [1.165, 1.54) is 0 Å². The van der Waals surface area contributed by atoms with Crippen molar-refractivity contribution in [2.75, 3.05) is 26.1 Å². The molecule has 1 aromatic rings. The van der Waals surface area contributed by atoms with Gasteiger partial charge in [-0.25, -0.2) is 0 Å². The maximum Gasteiger partial charge on any atom is 0.191 e. The van der Waals surface area contributed by atoms with Gasteiger partial charge in [-0.2, -0.15) is 0 Å². The van der Waals surface area contributed by atoms with Crippen LogP contribution in [0.4, 0.5) is 5.69 Å². The molecule has 18 heavy (non-hydrogen) atoms. The van der Waals surface area contributed by atoms with Gasteiger partial charge in [0, 0.05) is 28.9 Å². The highest BCUT2D eigenvalue weighted by Gasteiger charge is 2.16. The van der Waals surface area contributed by atoms with Crippen LogP contribution in [0.25, 0.3) is 0 Å². The van der Waals surface area contributed by atoms with Crippen molar-refractivity contribution in [2.45, 2.75) is 6.92 Å². The van der Waals surface area contributed by atoms with Gasteiger partial charge in [0.2, 0.25) is 0 Å². The van der Waals surface area contributed by atoms with Crippen molar-refractivity contribution in [1.82, 2.24) is 5.32 Å². The largest absolute Gasteiger partial charge is 0.467 e. The Bertz CT molecular complexity index is 470. The summed E-state index contributed by atoms with van der Waals surface area (Å²) in [5.41, 5.74) is 7.73. The average Bonchev–Trinajstić information content (AvgIpc) is 2.35. The molecule has 1 rings (SSSR count). The molecular weight excluding hydrogens is 232 g/mol. The third-order valence-electron chi connectivity index (χ3n) is 2.64. The van der Waals surface area contributed by atoms with Crippen molar-refractivity contribution < 1.29 is 14.6 Å². The van der Waals surface area contributed by atoms with Gasteiger partial charge in [-0.05, 0) is 26.1 Å². The van der Waals surface area contributed by atoms with Crippen LogP contribution in [0.15, 0.2) is 24.3 Å². The molecule has 0 heterocycles. The summed E-state index contributed by atoms with van der Waals surface area (Å²) in [6, 6.07) is 3.19. The predicted molar refractivity (Wildman–Crippen MR) is 70.7 cm³/mol. The molecule has 0 aromatic heterocycles. The first kappa shape index (κ1) is 14.2. The molecule has 4 N–H and O–H groups in total. The van der Waals surface area contributed by atoms with Gasteiger partial charge in [-0.1, -0.05) is 6.58 Å². The zero-order valence-corrected chi connectivity index (χ0v) is 10.6. The quantitative estimate of drug-likeness (QED) is 0.302. The molecule has 0 aliphatic heterocycles. The summed E-state index contributed by atoms with van der Waals surface area (Å²) in [4.78, 5) is 12.1. The van der Waals surface area contributed by atoms with Crippen molar-refractivity contribution in [1.29, 1.82) is 0 Å². The summed E-state index contributed by atoms with van der Waals surface area (Å²) in [7, 11) is 1.74. The number of anilines is 1. The van der Waals surface area contributed by atoms with Crippen LogP contribution in [0.3, 0.4) is 0 Å². The van der Waals surface area contributed by atoms with Crippen LogP contribution >= 0.6 is 0 Å². The first-order valence-electron chi connectivity index (χ1n) is 5.52. The number of ketones is 1. The Kier molecular flexibility index (Phi) is 4.88. The van der Waals surface area contributed by atoms with Crippen LogP contribution in [-0.2, 0) is 0 Å². The maximum atomic E-state index is 12.1. The van der Waals surface area contributed by atoms with E-state index in [4.69, 9.17) is 15.6 Å². The van der Waals surface area contributed by atoms with E-state index in [1.807, 2.05) is 0 Å². The Balaban J connectivity index is 3.08. The predicted octanol–water partition coefficient (Wildman–Crippen LogP) is 0.864. The number of nitrogens with two attached hydrogens (primary N) is 1. The Labute approximate surface area is 106 Å². The third kappa shape index (κ3) is 2.88. The van der Waals surface area contributed by atoms with E-state index < -0.39 is 6.79 Å². The Morgan fingerprint density at radius 2 is 2.22 bits per heavy atom. The summed E-state index contributed by atoms with van der Waals surface area (Å²) in [6.45, 7) is 5.42. The molecule has 0 amide bonds. The summed E-state index contributed by atoms with van der Waals surface area (Å²) >= 11 is 0. The van der Waals surface area contributed by atoms with Gasteiger partial charge in [0.25, 0.3) is 0 Å². The molecule has 5 heteroatoms. The van der Waals surface area contributed by atoms with Gasteiger partial charge >= 0.3 is 0 Å². The minimum atomic E-state index is -0.431. The highest BCUT2D eigenvalue weighted by atomic mass is 16.6. The zero-order chi connectivity index (χ0) is 13.7. The Morgan fingerprint density at radius 1 is 1.56 bits per heavy atom. The van der Waals surface area contributed by atoms with Crippen LogP contribution in [0.2, 0.25) is 0 Å². The first-order chi connectivity index (χ1) is 8.52. The van der Waals surface area contributed by atoms with Gasteiger partial charge in [0.15, 0.2) is 12.6 Å². The molecule has 5 nitrogen and oxygen atoms in total. The first-order valence-corrected chi connectivity index (χ1v) is 5.52. The monoisotopic (exact) mass is 250 g/mol. The number of rotatable bonds is 6. The zero-order valence-electron chi connectivity index (χ0n) is 10.6. The van der Waals surface area contributed by atoms with Crippen molar-refractivity contribution in [3.05, 3.63) is 35.4 Å². The average molecular weight is 250 g/mol. The standard InChI is InChI=1S/C13H18N2O3/c1-8(6-15-3)13(17)10-4-5-11(18-7-16)9(2)12(10)14/h4-5,15-16H,1,6-7,14H2,2-3H3. The lowest BCUT2D eigenvalue weighted by atomic mass is 9.99. The van der Waals surface area contributed by atoms with Crippen LogP contribution in [0.1, 0.15) is 15.9 Å². The van der Waals surface area contributed by atoms with Gasteiger partial charge in [-0.3, -0.25) is 4.79 Å². The molecule has 0 spiro atoms. The molecule has 0 unspecified atom stereocenters. The number of Topliss-reactive ketones (excluding diaryl/α,β-unsaturated/α-hetero) is 1. The number of hydrogen-bond donors (Lipinski definition) is 3. The lowest BCUT2D eigenvalue weighted by Gasteiger charge is -2.13. The van der Waals surface area contributed by atoms with Crippen molar-refractivity contribution in [3.8, 4) is 5.75 Å².